The lowest BCUT2D eigenvalue weighted by molar-refractivity contribution is 1.18. The van der Waals surface area contributed by atoms with Gasteiger partial charge in [0.25, 0.3) is 0 Å². The minimum Gasteiger partial charge on any atom is -0.309 e. The average molecular weight is 732 g/mol. The summed E-state index contributed by atoms with van der Waals surface area (Å²) in [6.45, 7) is 0. The second-order valence-corrected chi connectivity index (χ2v) is 15.2. The van der Waals surface area contributed by atoms with Gasteiger partial charge in [0.15, 0.2) is 5.82 Å². The van der Waals surface area contributed by atoms with Gasteiger partial charge >= 0.3 is 0 Å². The number of nitrogens with zero attached hydrogens (tertiary/aromatic N) is 3. The van der Waals surface area contributed by atoms with Gasteiger partial charge in [0.1, 0.15) is 0 Å². The van der Waals surface area contributed by atoms with Crippen molar-refractivity contribution < 1.29 is 0 Å². The summed E-state index contributed by atoms with van der Waals surface area (Å²) in [6, 6.07) is 71.4. The van der Waals surface area contributed by atoms with E-state index in [2.05, 4.69) is 181 Å². The van der Waals surface area contributed by atoms with Gasteiger partial charge in [0.05, 0.1) is 22.8 Å². The minimum atomic E-state index is 0.698. The summed E-state index contributed by atoms with van der Waals surface area (Å²) < 4.78 is 1.30. The summed E-state index contributed by atoms with van der Waals surface area (Å²) in [5, 5.41) is 3.76. The molecule has 0 saturated heterocycles. The zero-order valence-electron chi connectivity index (χ0n) is 30.3. The summed E-state index contributed by atoms with van der Waals surface area (Å²) in [5.74, 6) is 0.698. The van der Waals surface area contributed by atoms with Crippen molar-refractivity contribution in [3.63, 3.8) is 0 Å². The van der Waals surface area contributed by atoms with Gasteiger partial charge in [-0.1, -0.05) is 164 Å². The van der Waals surface area contributed by atoms with Crippen LogP contribution in [0.1, 0.15) is 0 Å². The number of fused-ring (bicyclic) bond motifs is 9. The molecule has 0 aliphatic carbocycles. The molecule has 2 aromatic heterocycles. The van der Waals surface area contributed by atoms with Gasteiger partial charge in [-0.2, -0.15) is 0 Å². The summed E-state index contributed by atoms with van der Waals surface area (Å²) >= 11 is 1.89. The Kier molecular flexibility index (Phi) is 7.68. The van der Waals surface area contributed by atoms with Crippen molar-refractivity contribution in [3.05, 3.63) is 200 Å². The van der Waals surface area contributed by atoms with Crippen LogP contribution in [0.2, 0.25) is 0 Å². The monoisotopic (exact) mass is 731 g/mol. The van der Waals surface area contributed by atoms with Crippen LogP contribution in [0.15, 0.2) is 200 Å². The Morgan fingerprint density at radius 3 is 1.84 bits per heavy atom. The van der Waals surface area contributed by atoms with E-state index in [9.17, 15) is 0 Å². The second kappa shape index (κ2) is 13.3. The van der Waals surface area contributed by atoms with Crippen molar-refractivity contribution in [2.24, 2.45) is 0 Å². The third-order valence-electron chi connectivity index (χ3n) is 10.8. The van der Waals surface area contributed by atoms with Crippen LogP contribution in [-0.2, 0) is 0 Å². The Bertz CT molecular complexity index is 3080. The molecular weight excluding hydrogens is 699 g/mol. The molecule has 1 aliphatic heterocycles. The summed E-state index contributed by atoms with van der Waals surface area (Å²) in [7, 11) is 0. The van der Waals surface area contributed by atoms with Crippen molar-refractivity contribution in [1.82, 2.24) is 9.97 Å². The highest BCUT2D eigenvalue weighted by Gasteiger charge is 2.30. The quantitative estimate of drug-likeness (QED) is 0.176. The first kappa shape index (κ1) is 32.3. The van der Waals surface area contributed by atoms with E-state index < -0.39 is 0 Å². The number of aromatic nitrogens is 2. The predicted octanol–water partition coefficient (Wildman–Crippen LogP) is 14.6. The summed E-state index contributed by atoms with van der Waals surface area (Å²) in [5.41, 5.74) is 14.3. The number of anilines is 3. The largest absolute Gasteiger partial charge is 0.309 e. The molecule has 11 rings (SSSR count). The second-order valence-electron chi connectivity index (χ2n) is 14.2. The van der Waals surface area contributed by atoms with Crippen LogP contribution in [0.4, 0.5) is 17.1 Å². The van der Waals surface area contributed by atoms with E-state index in [4.69, 9.17) is 9.97 Å². The first-order valence-corrected chi connectivity index (χ1v) is 19.7. The molecule has 0 fully saturated rings. The molecule has 3 nitrogen and oxygen atoms in total. The maximum absolute atomic E-state index is 5.23. The van der Waals surface area contributed by atoms with Gasteiger partial charge in [-0.3, -0.25) is 0 Å². The highest BCUT2D eigenvalue weighted by Crippen LogP contribution is 2.57. The maximum atomic E-state index is 5.23. The molecule has 8 aromatic carbocycles. The molecule has 1 aliphatic rings. The highest BCUT2D eigenvalue weighted by molar-refractivity contribution is 7.23. The van der Waals surface area contributed by atoms with Gasteiger partial charge in [-0.15, -0.1) is 11.3 Å². The molecule has 10 aromatic rings. The third kappa shape index (κ3) is 5.42. The molecule has 0 bridgehead atoms. The van der Waals surface area contributed by atoms with Gasteiger partial charge < -0.3 is 4.90 Å². The molecule has 3 heterocycles. The number of hydrogen-bond acceptors (Lipinski definition) is 4. The average Bonchev–Trinajstić information content (AvgIpc) is 3.60. The van der Waals surface area contributed by atoms with E-state index in [0.717, 1.165) is 45.1 Å². The van der Waals surface area contributed by atoms with Crippen LogP contribution in [0, 0.1) is 0 Å². The standard InChI is InChI=1S/C52H33N3S/c1-3-14-34(15-4-1)35-26-28-37(29-27-35)44-33-45(54-52(53-44)38-17-5-2-6-18-38)39-19-13-20-40(32-39)55-46-24-11-9-22-42(46)49-43-23-10-12-25-48(43)56-51(49)50-41-21-8-7-16-36(41)30-31-47(50)55/h1-33H. The molecule has 4 heteroatoms. The summed E-state index contributed by atoms with van der Waals surface area (Å²) in [4.78, 5) is 14.1. The third-order valence-corrected chi connectivity index (χ3v) is 12.0. The Labute approximate surface area is 329 Å². The fourth-order valence-corrected chi connectivity index (χ4v) is 9.47. The zero-order valence-corrected chi connectivity index (χ0v) is 31.1. The van der Waals surface area contributed by atoms with Crippen molar-refractivity contribution in [1.29, 1.82) is 0 Å². The van der Waals surface area contributed by atoms with Gasteiger partial charge in [0, 0.05) is 54.0 Å². The number of hydrogen-bond donors (Lipinski definition) is 0. The van der Waals surface area contributed by atoms with Gasteiger partial charge in [-0.25, -0.2) is 9.97 Å². The topological polar surface area (TPSA) is 29.0 Å². The van der Waals surface area contributed by atoms with E-state index in [1.807, 2.05) is 35.6 Å². The Hall–Kier alpha value is -7.14. The molecule has 0 unspecified atom stereocenters. The molecule has 0 saturated carbocycles. The molecule has 0 N–H and O–H groups in total. The fourth-order valence-electron chi connectivity index (χ4n) is 8.19. The van der Waals surface area contributed by atoms with Crippen molar-refractivity contribution in [2.45, 2.75) is 0 Å². The van der Waals surface area contributed by atoms with Crippen molar-refractivity contribution >= 4 is 49.3 Å². The van der Waals surface area contributed by atoms with Crippen LogP contribution in [0.5, 0.6) is 0 Å². The smallest absolute Gasteiger partial charge is 0.160 e. The van der Waals surface area contributed by atoms with E-state index in [1.165, 1.54) is 53.6 Å². The number of benzene rings is 8. The molecule has 0 amide bonds. The Balaban J connectivity index is 1.10. The SMILES string of the molecule is c1ccc(-c2ccc(-c3cc(-c4cccc(N5c6ccccc6-c6c(sc7ccccc67)-c6c5ccc5ccccc65)c4)nc(-c4ccccc4)n3)cc2)cc1. The molecule has 0 radical (unpaired) electrons. The Morgan fingerprint density at radius 2 is 1.02 bits per heavy atom. The molecule has 56 heavy (non-hydrogen) atoms. The predicted molar refractivity (Wildman–Crippen MR) is 236 cm³/mol. The number of thiophene rings is 1. The highest BCUT2D eigenvalue weighted by atomic mass is 32.1. The van der Waals surface area contributed by atoms with Crippen LogP contribution in [-0.4, -0.2) is 9.97 Å². The zero-order chi connectivity index (χ0) is 37.0. The van der Waals surface area contributed by atoms with E-state index in [-0.39, 0.29) is 0 Å². The van der Waals surface area contributed by atoms with Crippen LogP contribution < -0.4 is 4.90 Å². The fraction of sp³-hybridized carbons (Fsp3) is 0. The van der Waals surface area contributed by atoms with E-state index in [0.29, 0.717) is 5.82 Å². The number of para-hydroxylation sites is 1. The van der Waals surface area contributed by atoms with E-state index >= 15 is 0 Å². The molecular formula is C52H33N3S. The van der Waals surface area contributed by atoms with Crippen molar-refractivity contribution in [3.8, 4) is 66.6 Å². The van der Waals surface area contributed by atoms with Crippen LogP contribution >= 0.6 is 11.3 Å². The maximum Gasteiger partial charge on any atom is 0.160 e. The molecule has 0 atom stereocenters. The molecule has 262 valence electrons. The first-order valence-electron chi connectivity index (χ1n) is 18.9. The normalized spacial score (nSPS) is 11.9. The lowest BCUT2D eigenvalue weighted by Gasteiger charge is -2.28. The lowest BCUT2D eigenvalue weighted by Crippen LogP contribution is -2.11. The minimum absolute atomic E-state index is 0.698. The molecule has 0 spiro atoms. The Morgan fingerprint density at radius 1 is 0.393 bits per heavy atom. The van der Waals surface area contributed by atoms with Gasteiger partial charge in [-0.05, 0) is 58.3 Å². The lowest BCUT2D eigenvalue weighted by atomic mass is 9.96. The summed E-state index contributed by atoms with van der Waals surface area (Å²) in [6.07, 6.45) is 0. The van der Waals surface area contributed by atoms with Crippen LogP contribution in [0.25, 0.3) is 87.5 Å². The van der Waals surface area contributed by atoms with E-state index in [1.54, 1.807) is 0 Å². The first-order chi connectivity index (χ1) is 27.8. The van der Waals surface area contributed by atoms with Crippen LogP contribution in [0.3, 0.4) is 0 Å². The van der Waals surface area contributed by atoms with Crippen molar-refractivity contribution in [2.75, 3.05) is 4.90 Å². The number of rotatable bonds is 5. The van der Waals surface area contributed by atoms with Gasteiger partial charge in [0.2, 0.25) is 0 Å².